The Morgan fingerprint density at radius 3 is 2.67 bits per heavy atom. The second-order valence-electron chi connectivity index (χ2n) is 4.66. The van der Waals surface area contributed by atoms with Crippen LogP contribution < -0.4 is 11.0 Å². The quantitative estimate of drug-likeness (QED) is 0.689. The van der Waals surface area contributed by atoms with Crippen LogP contribution in [-0.4, -0.2) is 15.9 Å². The Morgan fingerprint density at radius 1 is 1.10 bits per heavy atom. The van der Waals surface area contributed by atoms with E-state index in [0.717, 1.165) is 5.56 Å². The van der Waals surface area contributed by atoms with E-state index in [0.29, 0.717) is 11.0 Å². The van der Waals surface area contributed by atoms with Crippen LogP contribution in [0.4, 0.5) is 10.1 Å². The van der Waals surface area contributed by atoms with Gasteiger partial charge in [-0.25, -0.2) is 9.18 Å². The molecule has 106 valence electrons. The number of aromatic amines is 2. The Bertz CT molecular complexity index is 866. The van der Waals surface area contributed by atoms with Crippen LogP contribution in [0.5, 0.6) is 0 Å². The van der Waals surface area contributed by atoms with E-state index in [1.807, 2.05) is 0 Å². The molecule has 1 aromatic heterocycles. The first-order valence-corrected chi connectivity index (χ1v) is 6.37. The molecule has 3 rings (SSSR count). The Balaban J connectivity index is 1.77. The summed E-state index contributed by atoms with van der Waals surface area (Å²) < 4.78 is 13.4. The lowest BCUT2D eigenvalue weighted by molar-refractivity contribution is -0.115. The molecule has 0 atom stereocenters. The summed E-state index contributed by atoms with van der Waals surface area (Å²) in [6.07, 6.45) is 0.0947. The molecule has 0 saturated heterocycles. The second kappa shape index (κ2) is 5.24. The summed E-state index contributed by atoms with van der Waals surface area (Å²) in [7, 11) is 0. The Labute approximate surface area is 118 Å². The van der Waals surface area contributed by atoms with Crippen molar-refractivity contribution in [2.45, 2.75) is 6.42 Å². The van der Waals surface area contributed by atoms with Crippen molar-refractivity contribution < 1.29 is 9.18 Å². The van der Waals surface area contributed by atoms with Crippen LogP contribution in [0.2, 0.25) is 0 Å². The predicted octanol–water partition coefficient (Wildman–Crippen LogP) is 2.18. The van der Waals surface area contributed by atoms with E-state index in [1.165, 1.54) is 12.1 Å². The molecule has 3 aromatic rings. The molecule has 1 amide bonds. The van der Waals surface area contributed by atoms with Gasteiger partial charge >= 0.3 is 5.69 Å². The van der Waals surface area contributed by atoms with E-state index >= 15 is 0 Å². The van der Waals surface area contributed by atoms with Crippen molar-refractivity contribution >= 4 is 22.6 Å². The lowest BCUT2D eigenvalue weighted by atomic mass is 10.1. The van der Waals surface area contributed by atoms with Crippen molar-refractivity contribution in [3.63, 3.8) is 0 Å². The molecular weight excluding hydrogens is 273 g/mol. The van der Waals surface area contributed by atoms with Crippen molar-refractivity contribution in [1.29, 1.82) is 0 Å². The van der Waals surface area contributed by atoms with Crippen LogP contribution >= 0.6 is 0 Å². The first-order valence-electron chi connectivity index (χ1n) is 6.37. The third kappa shape index (κ3) is 2.84. The third-order valence-corrected chi connectivity index (χ3v) is 3.09. The van der Waals surface area contributed by atoms with E-state index in [-0.39, 0.29) is 23.7 Å². The first kappa shape index (κ1) is 13.1. The molecule has 0 spiro atoms. The monoisotopic (exact) mass is 285 g/mol. The number of hydrogen-bond acceptors (Lipinski definition) is 2. The molecule has 0 aliphatic rings. The van der Waals surface area contributed by atoms with Gasteiger partial charge < -0.3 is 15.3 Å². The Hall–Kier alpha value is -2.89. The number of carbonyl (C=O) groups excluding carboxylic acids is 1. The molecule has 0 aliphatic carbocycles. The maximum atomic E-state index is 13.4. The number of amides is 1. The largest absolute Gasteiger partial charge is 0.323 e. The van der Waals surface area contributed by atoms with Gasteiger partial charge in [-0.1, -0.05) is 18.2 Å². The number of fused-ring (bicyclic) bond motifs is 1. The van der Waals surface area contributed by atoms with Crippen molar-refractivity contribution in [2.24, 2.45) is 0 Å². The molecule has 3 N–H and O–H groups in total. The smallest absolute Gasteiger partial charge is 0.323 e. The number of carbonyl (C=O) groups is 1. The Kier molecular flexibility index (Phi) is 3.27. The fraction of sp³-hybridized carbons (Fsp3) is 0.0667. The lowest BCUT2D eigenvalue weighted by Crippen LogP contribution is -2.15. The van der Waals surface area contributed by atoms with E-state index < -0.39 is 5.82 Å². The maximum Gasteiger partial charge on any atom is 0.323 e. The molecular formula is C15H12FN3O2. The van der Waals surface area contributed by atoms with E-state index in [9.17, 15) is 14.0 Å². The fourth-order valence-electron chi connectivity index (χ4n) is 2.13. The zero-order valence-electron chi connectivity index (χ0n) is 10.9. The molecule has 0 radical (unpaired) electrons. The van der Waals surface area contributed by atoms with Crippen LogP contribution in [-0.2, 0) is 11.2 Å². The lowest BCUT2D eigenvalue weighted by Gasteiger charge is -2.06. The number of rotatable bonds is 3. The number of benzene rings is 2. The number of anilines is 1. The van der Waals surface area contributed by atoms with Gasteiger partial charge in [0.25, 0.3) is 0 Å². The highest BCUT2D eigenvalue weighted by Crippen LogP contribution is 2.14. The molecule has 1 heterocycles. The summed E-state index contributed by atoms with van der Waals surface area (Å²) in [5, 5.41) is 2.52. The van der Waals surface area contributed by atoms with Crippen LogP contribution in [0.25, 0.3) is 11.0 Å². The van der Waals surface area contributed by atoms with Gasteiger partial charge in [0.1, 0.15) is 5.82 Å². The van der Waals surface area contributed by atoms with Gasteiger partial charge in [0, 0.05) is 0 Å². The van der Waals surface area contributed by atoms with Crippen LogP contribution in [0, 0.1) is 5.82 Å². The van der Waals surface area contributed by atoms with Crippen LogP contribution in [0.3, 0.4) is 0 Å². The third-order valence-electron chi connectivity index (χ3n) is 3.09. The van der Waals surface area contributed by atoms with E-state index in [2.05, 4.69) is 15.3 Å². The number of hydrogen-bond donors (Lipinski definition) is 3. The van der Waals surface area contributed by atoms with Gasteiger partial charge in [-0.05, 0) is 29.8 Å². The van der Waals surface area contributed by atoms with Gasteiger partial charge in [0.15, 0.2) is 0 Å². The van der Waals surface area contributed by atoms with Crippen molar-refractivity contribution in [3.05, 3.63) is 64.3 Å². The predicted molar refractivity (Wildman–Crippen MR) is 77.7 cm³/mol. The molecule has 6 heteroatoms. The van der Waals surface area contributed by atoms with E-state index in [4.69, 9.17) is 0 Å². The zero-order valence-corrected chi connectivity index (χ0v) is 10.9. The minimum absolute atomic E-state index is 0.0947. The van der Waals surface area contributed by atoms with Gasteiger partial charge in [-0.3, -0.25) is 4.79 Å². The highest BCUT2D eigenvalue weighted by atomic mass is 19.1. The SMILES string of the molecule is O=C(Cc1ccc2[nH]c(=O)[nH]c2c1)Nc1ccccc1F. The number of halogens is 1. The maximum absolute atomic E-state index is 13.4. The summed E-state index contributed by atoms with van der Waals surface area (Å²) in [6, 6.07) is 11.2. The van der Waals surface area contributed by atoms with Gasteiger partial charge in [0.05, 0.1) is 23.1 Å². The van der Waals surface area contributed by atoms with Gasteiger partial charge in [-0.2, -0.15) is 0 Å². The summed E-state index contributed by atoms with van der Waals surface area (Å²) >= 11 is 0. The minimum atomic E-state index is -0.476. The topological polar surface area (TPSA) is 77.8 Å². The summed E-state index contributed by atoms with van der Waals surface area (Å²) in [6.45, 7) is 0. The van der Waals surface area contributed by atoms with Crippen molar-refractivity contribution in [1.82, 2.24) is 9.97 Å². The summed E-state index contributed by atoms with van der Waals surface area (Å²) in [4.78, 5) is 28.3. The molecule has 0 bridgehead atoms. The molecule has 21 heavy (non-hydrogen) atoms. The van der Waals surface area contributed by atoms with E-state index in [1.54, 1.807) is 30.3 Å². The highest BCUT2D eigenvalue weighted by molar-refractivity contribution is 5.92. The standard InChI is InChI=1S/C15H12FN3O2/c16-10-3-1-2-4-11(10)17-14(20)8-9-5-6-12-13(7-9)19-15(21)18-12/h1-7H,8H2,(H,17,20)(H2,18,19,21). The van der Waals surface area contributed by atoms with Crippen LogP contribution in [0.15, 0.2) is 47.3 Å². The van der Waals surface area contributed by atoms with Gasteiger partial charge in [-0.15, -0.1) is 0 Å². The zero-order chi connectivity index (χ0) is 14.8. The molecule has 5 nitrogen and oxygen atoms in total. The Morgan fingerprint density at radius 2 is 1.86 bits per heavy atom. The minimum Gasteiger partial charge on any atom is -0.323 e. The normalized spacial score (nSPS) is 10.7. The highest BCUT2D eigenvalue weighted by Gasteiger charge is 2.08. The molecule has 0 unspecified atom stereocenters. The number of nitrogens with one attached hydrogen (secondary N) is 3. The fourth-order valence-corrected chi connectivity index (χ4v) is 2.13. The average Bonchev–Trinajstić information content (AvgIpc) is 2.80. The molecule has 2 aromatic carbocycles. The molecule has 0 aliphatic heterocycles. The first-order chi connectivity index (χ1) is 10.1. The second-order valence-corrected chi connectivity index (χ2v) is 4.66. The van der Waals surface area contributed by atoms with Gasteiger partial charge in [0.2, 0.25) is 5.91 Å². The number of aromatic nitrogens is 2. The summed E-state index contributed by atoms with van der Waals surface area (Å²) in [5.41, 5.74) is 1.90. The number of imidazole rings is 1. The molecule has 0 fully saturated rings. The van der Waals surface area contributed by atoms with Crippen LogP contribution in [0.1, 0.15) is 5.56 Å². The average molecular weight is 285 g/mol. The van der Waals surface area contributed by atoms with Crippen molar-refractivity contribution in [2.75, 3.05) is 5.32 Å². The number of para-hydroxylation sites is 1. The number of H-pyrrole nitrogens is 2. The van der Waals surface area contributed by atoms with Crippen molar-refractivity contribution in [3.8, 4) is 0 Å². The molecule has 0 saturated carbocycles. The summed E-state index contributed by atoms with van der Waals surface area (Å²) in [5.74, 6) is -0.798.